The number of nitrogens with zero attached hydrogens (tertiary/aromatic N) is 2. The number of hydrogen-bond donors (Lipinski definition) is 6. The van der Waals surface area contributed by atoms with Gasteiger partial charge in [-0.15, -0.1) is 0 Å². The number of phosphoric ester groups is 1. The fourth-order valence-corrected chi connectivity index (χ4v) is 5.19. The van der Waals surface area contributed by atoms with E-state index in [0.717, 1.165) is 10.8 Å². The van der Waals surface area contributed by atoms with Crippen molar-refractivity contribution in [1.29, 1.82) is 0 Å². The van der Waals surface area contributed by atoms with Crippen molar-refractivity contribution in [3.63, 3.8) is 0 Å². The topological polar surface area (TPSA) is 250 Å². The Morgan fingerprint density at radius 1 is 1.19 bits per heavy atom. The molecule has 5 atom stereocenters. The van der Waals surface area contributed by atoms with E-state index < -0.39 is 54.2 Å². The van der Waals surface area contributed by atoms with E-state index in [9.17, 15) is 28.5 Å². The number of aromatic nitrogens is 2. The van der Waals surface area contributed by atoms with Crippen molar-refractivity contribution in [3.05, 3.63) is 22.7 Å². The van der Waals surface area contributed by atoms with Gasteiger partial charge in [-0.2, -0.15) is 13.6 Å². The Bertz CT molecular complexity index is 897. The van der Waals surface area contributed by atoms with Crippen molar-refractivity contribution in [2.45, 2.75) is 18.4 Å². The van der Waals surface area contributed by atoms with Crippen LogP contribution >= 0.6 is 23.5 Å². The molecular weight excluding hydrogens is 439 g/mol. The van der Waals surface area contributed by atoms with Crippen molar-refractivity contribution in [3.8, 4) is 0 Å². The molecule has 7 N–H and O–H groups in total. The summed E-state index contributed by atoms with van der Waals surface area (Å²) in [6, 6.07) is 1.22. The Morgan fingerprint density at radius 3 is 2.37 bits per heavy atom. The van der Waals surface area contributed by atoms with Gasteiger partial charge in [-0.3, -0.25) is 9.09 Å². The largest absolute Gasteiger partial charge is 0.490 e. The molecule has 2 heterocycles. The zero-order valence-electron chi connectivity index (χ0n) is 12.9. The van der Waals surface area contributed by atoms with Crippen LogP contribution in [0.2, 0.25) is 0 Å². The van der Waals surface area contributed by atoms with E-state index in [1.165, 1.54) is 6.07 Å². The maximum Gasteiger partial charge on any atom is 0.490 e. The first-order chi connectivity index (χ1) is 12.2. The highest BCUT2D eigenvalue weighted by Gasteiger charge is 2.46. The summed E-state index contributed by atoms with van der Waals surface area (Å²) in [6.45, 7) is -0.564. The minimum absolute atomic E-state index is 0.103. The lowest BCUT2D eigenvalue weighted by atomic mass is 10.2. The maximum absolute atomic E-state index is 11.8. The van der Waals surface area contributed by atoms with E-state index in [1.54, 1.807) is 0 Å². The Morgan fingerprint density at radius 2 is 1.81 bits per heavy atom. The zero-order valence-corrected chi connectivity index (χ0v) is 15.6. The third kappa shape index (κ3) is 6.26. The van der Waals surface area contributed by atoms with Gasteiger partial charge < -0.3 is 35.2 Å². The van der Waals surface area contributed by atoms with E-state index in [2.05, 4.69) is 18.1 Å². The number of phosphoric acid groups is 3. The molecule has 0 aliphatic carbocycles. The SMILES string of the molecule is Nc1ccn([C@@H]2OC[C@H](OP(=O)(O)OP(=O)(O)OP(=O)(O)O)[C@H]2O)c(=O)n1. The molecule has 1 fully saturated rings. The monoisotopic (exact) mass is 453 g/mol. The van der Waals surface area contributed by atoms with Gasteiger partial charge in [0.05, 0.1) is 6.61 Å². The van der Waals surface area contributed by atoms with Crippen molar-refractivity contribution in [2.24, 2.45) is 0 Å². The summed E-state index contributed by atoms with van der Waals surface area (Å²) in [6.07, 6.45) is -3.64. The summed E-state index contributed by atoms with van der Waals surface area (Å²) in [5, 5.41) is 10.1. The number of aliphatic hydroxyl groups is 1. The molecule has 16 nitrogen and oxygen atoms in total. The van der Waals surface area contributed by atoms with Gasteiger partial charge in [0.2, 0.25) is 0 Å². The van der Waals surface area contributed by atoms with Gasteiger partial charge in [-0.25, -0.2) is 18.5 Å². The van der Waals surface area contributed by atoms with E-state index >= 15 is 0 Å². The first-order valence-electron chi connectivity index (χ1n) is 6.66. The van der Waals surface area contributed by atoms with Crippen LogP contribution in [-0.2, 0) is 31.6 Å². The molecule has 1 aromatic heterocycles. The lowest BCUT2D eigenvalue weighted by molar-refractivity contribution is -0.0209. The summed E-state index contributed by atoms with van der Waals surface area (Å²) in [5.74, 6) is -0.103. The highest BCUT2D eigenvalue weighted by Crippen LogP contribution is 2.66. The number of ether oxygens (including phenoxy) is 1. The summed E-state index contributed by atoms with van der Waals surface area (Å²) in [5.41, 5.74) is 4.41. The molecule has 0 aromatic carbocycles. The minimum Gasteiger partial charge on any atom is -0.386 e. The molecule has 0 radical (unpaired) electrons. The smallest absolute Gasteiger partial charge is 0.386 e. The molecule has 1 aliphatic rings. The second-order valence-electron chi connectivity index (χ2n) is 4.99. The van der Waals surface area contributed by atoms with Crippen molar-refractivity contribution >= 4 is 29.3 Å². The zero-order chi connectivity index (χ0) is 20.6. The predicted octanol–water partition coefficient (Wildman–Crippen LogP) is -1.57. The van der Waals surface area contributed by atoms with Gasteiger partial charge in [0.15, 0.2) is 6.23 Å². The van der Waals surface area contributed by atoms with Crippen LogP contribution in [0.1, 0.15) is 6.23 Å². The van der Waals surface area contributed by atoms with Crippen molar-refractivity contribution in [2.75, 3.05) is 12.3 Å². The molecule has 27 heavy (non-hydrogen) atoms. The molecule has 1 aliphatic heterocycles. The second-order valence-corrected chi connectivity index (χ2v) is 9.36. The van der Waals surface area contributed by atoms with Crippen LogP contribution in [0.5, 0.6) is 0 Å². The number of rotatable bonds is 7. The molecule has 154 valence electrons. The second kappa shape index (κ2) is 7.79. The van der Waals surface area contributed by atoms with Crippen molar-refractivity contribution < 1.29 is 56.3 Å². The number of anilines is 1. The molecule has 0 saturated carbocycles. The lowest BCUT2D eigenvalue weighted by Gasteiger charge is -2.21. The molecule has 0 amide bonds. The Hall–Kier alpha value is -0.990. The van der Waals surface area contributed by atoms with E-state index in [4.69, 9.17) is 25.2 Å². The van der Waals surface area contributed by atoms with Gasteiger partial charge in [0.1, 0.15) is 18.0 Å². The molecule has 2 unspecified atom stereocenters. The third-order valence-electron chi connectivity index (χ3n) is 2.91. The number of nitrogens with two attached hydrogens (primary N) is 1. The van der Waals surface area contributed by atoms with Crippen LogP contribution in [-0.4, -0.2) is 53.0 Å². The third-order valence-corrected chi connectivity index (χ3v) is 6.78. The Labute approximate surface area is 149 Å². The molecular formula is C8H14N3O13P3. The highest BCUT2D eigenvalue weighted by atomic mass is 31.3. The molecule has 1 saturated heterocycles. The van der Waals surface area contributed by atoms with Gasteiger partial charge in [0, 0.05) is 6.20 Å². The molecule has 19 heteroatoms. The molecule has 2 rings (SSSR count). The average Bonchev–Trinajstić information content (AvgIpc) is 2.75. The van der Waals surface area contributed by atoms with Crippen molar-refractivity contribution in [1.82, 2.24) is 9.55 Å². The number of nitrogen functional groups attached to an aromatic ring is 1. The van der Waals surface area contributed by atoms with E-state index in [1.807, 2.05) is 0 Å². The fourth-order valence-electron chi connectivity index (χ4n) is 2.00. The summed E-state index contributed by atoms with van der Waals surface area (Å²) in [4.78, 5) is 50.5. The van der Waals surface area contributed by atoms with Crippen LogP contribution in [0.3, 0.4) is 0 Å². The van der Waals surface area contributed by atoms with Gasteiger partial charge in [0.25, 0.3) is 0 Å². The predicted molar refractivity (Wildman–Crippen MR) is 82.6 cm³/mol. The quantitative estimate of drug-likeness (QED) is 0.255. The number of hydrogen-bond acceptors (Lipinski definition) is 11. The molecule has 0 spiro atoms. The first-order valence-corrected chi connectivity index (χ1v) is 11.2. The van der Waals surface area contributed by atoms with Crippen LogP contribution in [0, 0.1) is 0 Å². The Kier molecular flexibility index (Phi) is 6.44. The van der Waals surface area contributed by atoms with Crippen LogP contribution in [0.25, 0.3) is 0 Å². The summed E-state index contributed by atoms with van der Waals surface area (Å²) < 4.78 is 51.0. The van der Waals surface area contributed by atoms with Crippen LogP contribution < -0.4 is 11.4 Å². The van der Waals surface area contributed by atoms with Gasteiger partial charge >= 0.3 is 29.2 Å². The number of aliphatic hydroxyl groups excluding tert-OH is 1. The van der Waals surface area contributed by atoms with Crippen LogP contribution in [0.4, 0.5) is 5.82 Å². The van der Waals surface area contributed by atoms with Gasteiger partial charge in [-0.05, 0) is 6.07 Å². The fraction of sp³-hybridized carbons (Fsp3) is 0.500. The first kappa shape index (κ1) is 22.3. The molecule has 1 aromatic rings. The van der Waals surface area contributed by atoms with E-state index in [0.29, 0.717) is 0 Å². The maximum atomic E-state index is 11.8. The standard InChI is InChI=1S/C8H14N3O13P3/c9-5-1-2-11(8(13)10-5)7-6(12)4(3-21-7)22-26(17,18)24-27(19,20)23-25(14,15)16/h1-2,4,6-7,12H,3H2,(H,17,18)(H,19,20)(H2,9,10,13)(H2,14,15,16)/t4-,6+,7+/m0/s1. The highest BCUT2D eigenvalue weighted by molar-refractivity contribution is 7.66. The lowest BCUT2D eigenvalue weighted by Crippen LogP contribution is -2.35. The normalized spacial score (nSPS) is 27.8. The van der Waals surface area contributed by atoms with E-state index in [-0.39, 0.29) is 5.82 Å². The summed E-state index contributed by atoms with van der Waals surface area (Å²) in [7, 11) is -16.7. The minimum atomic E-state index is -5.70. The average molecular weight is 453 g/mol. The summed E-state index contributed by atoms with van der Waals surface area (Å²) >= 11 is 0. The Balaban J connectivity index is 2.09. The van der Waals surface area contributed by atoms with Gasteiger partial charge in [-0.1, -0.05) is 0 Å². The van der Waals surface area contributed by atoms with Crippen LogP contribution in [0.15, 0.2) is 17.1 Å². The molecule has 0 bridgehead atoms.